The Bertz CT molecular complexity index is 944. The third-order valence-corrected chi connectivity index (χ3v) is 3.62. The normalized spacial score (nSPS) is 15.7. The van der Waals surface area contributed by atoms with Gasteiger partial charge in [-0.2, -0.15) is 5.01 Å². The van der Waals surface area contributed by atoms with Crippen LogP contribution < -0.4 is 4.74 Å². The fraction of sp³-hybridized carbons (Fsp3) is 0.176. The molecule has 0 N–H and O–H groups in total. The molecule has 3 rings (SSSR count). The van der Waals surface area contributed by atoms with Crippen molar-refractivity contribution >= 4 is 23.5 Å². The fourth-order valence-electron chi connectivity index (χ4n) is 2.46. The molecule has 10 heteroatoms. The number of hydrogen-bond donors (Lipinski definition) is 0. The molecule has 10 nitrogen and oxygen atoms in total. The number of non-ortho nitro benzene ring substituents is 1. The van der Waals surface area contributed by atoms with Gasteiger partial charge in [0.25, 0.3) is 5.69 Å². The fourth-order valence-corrected chi connectivity index (χ4v) is 2.46. The number of hydrazone groups is 1. The highest BCUT2D eigenvalue weighted by Gasteiger charge is 2.35. The summed E-state index contributed by atoms with van der Waals surface area (Å²) < 4.78 is 10.9. The average Bonchev–Trinajstić information content (AvgIpc) is 3.07. The lowest BCUT2D eigenvalue weighted by molar-refractivity contribution is -0.384. The second kappa shape index (κ2) is 7.20. The highest BCUT2D eigenvalue weighted by atomic mass is 16.6. The Balaban J connectivity index is 2.05. The van der Waals surface area contributed by atoms with E-state index in [4.69, 9.17) is 9.47 Å². The molecule has 138 valence electrons. The maximum absolute atomic E-state index is 12.0. The van der Waals surface area contributed by atoms with E-state index in [-0.39, 0.29) is 22.9 Å². The van der Waals surface area contributed by atoms with Gasteiger partial charge in [-0.25, -0.2) is 0 Å². The van der Waals surface area contributed by atoms with Crippen molar-refractivity contribution in [2.45, 2.75) is 20.1 Å². The molecular weight excluding hydrogens is 356 g/mol. The summed E-state index contributed by atoms with van der Waals surface area (Å²) in [7, 11) is 0. The molecule has 27 heavy (non-hydrogen) atoms. The molecule has 2 heterocycles. The number of pyridine rings is 1. The number of nitro groups is 1. The first-order valence-electron chi connectivity index (χ1n) is 7.79. The zero-order chi connectivity index (χ0) is 19.6. The van der Waals surface area contributed by atoms with E-state index in [1.165, 1.54) is 44.4 Å². The van der Waals surface area contributed by atoms with Crippen LogP contribution in [0, 0.1) is 10.1 Å². The quantitative estimate of drug-likeness (QED) is 0.349. The van der Waals surface area contributed by atoms with Gasteiger partial charge in [-0.1, -0.05) is 0 Å². The van der Waals surface area contributed by atoms with Gasteiger partial charge in [-0.3, -0.25) is 24.7 Å². The van der Waals surface area contributed by atoms with Crippen LogP contribution in [0.5, 0.6) is 5.75 Å². The molecule has 1 atom stereocenters. The molecular formula is C17H14N4O6. The lowest BCUT2D eigenvalue weighted by atomic mass is 10.1. The topological polar surface area (TPSA) is 124 Å². The molecule has 0 fully saturated rings. The molecule has 0 bridgehead atoms. The Morgan fingerprint density at radius 2 is 1.93 bits per heavy atom. The number of amides is 1. The number of esters is 1. The van der Waals surface area contributed by atoms with E-state index in [0.717, 1.165) is 5.01 Å². The molecule has 1 amide bonds. The number of nitrogens with zero attached hydrogens (tertiary/aromatic N) is 4. The summed E-state index contributed by atoms with van der Waals surface area (Å²) >= 11 is 0. The van der Waals surface area contributed by atoms with E-state index < -0.39 is 23.0 Å². The van der Waals surface area contributed by atoms with Crippen molar-refractivity contribution < 1.29 is 24.0 Å². The number of carbonyl (C=O) groups excluding carboxylic acids is 2. The van der Waals surface area contributed by atoms with Gasteiger partial charge in [0, 0.05) is 43.9 Å². The van der Waals surface area contributed by atoms with Gasteiger partial charge in [0.2, 0.25) is 18.0 Å². The molecule has 1 aliphatic heterocycles. The molecule has 0 aliphatic carbocycles. The first kappa shape index (κ1) is 18.0. The number of aromatic nitrogens is 1. The summed E-state index contributed by atoms with van der Waals surface area (Å²) in [5.41, 5.74) is 0.453. The van der Waals surface area contributed by atoms with Crippen molar-refractivity contribution in [2.24, 2.45) is 5.10 Å². The van der Waals surface area contributed by atoms with Crippen molar-refractivity contribution in [1.82, 2.24) is 9.99 Å². The van der Waals surface area contributed by atoms with Gasteiger partial charge >= 0.3 is 5.97 Å². The molecule has 1 unspecified atom stereocenters. The summed E-state index contributed by atoms with van der Waals surface area (Å²) in [5.74, 6) is -1.05. The number of ether oxygens (including phenoxy) is 2. The predicted molar refractivity (Wildman–Crippen MR) is 91.5 cm³/mol. The van der Waals surface area contributed by atoms with Gasteiger partial charge in [-0.05, 0) is 18.2 Å². The van der Waals surface area contributed by atoms with Crippen LogP contribution in [0.25, 0.3) is 0 Å². The molecule has 2 aromatic rings. The Labute approximate surface area is 153 Å². The van der Waals surface area contributed by atoms with Crippen molar-refractivity contribution in [1.29, 1.82) is 0 Å². The minimum atomic E-state index is -0.870. The van der Waals surface area contributed by atoms with E-state index in [1.54, 1.807) is 12.1 Å². The van der Waals surface area contributed by atoms with E-state index in [2.05, 4.69) is 10.1 Å². The van der Waals surface area contributed by atoms with Crippen LogP contribution >= 0.6 is 0 Å². The standard InChI is InChI=1S/C17H14N4O6/c1-10(22)20-17(12-5-7-18-8-6-12)27-16(19-20)14-9-13(21(24)25)3-4-15(14)26-11(2)23/h3-9,17H,1-2H3. The van der Waals surface area contributed by atoms with Crippen LogP contribution in [0.2, 0.25) is 0 Å². The van der Waals surface area contributed by atoms with Gasteiger partial charge in [0.1, 0.15) is 5.75 Å². The Morgan fingerprint density at radius 1 is 1.22 bits per heavy atom. The highest BCUT2D eigenvalue weighted by Crippen LogP contribution is 2.34. The summed E-state index contributed by atoms with van der Waals surface area (Å²) in [6.07, 6.45) is 2.20. The lowest BCUT2D eigenvalue weighted by Crippen LogP contribution is -2.25. The number of nitro benzene ring substituents is 1. The summed E-state index contributed by atoms with van der Waals surface area (Å²) in [6.45, 7) is 2.51. The average molecular weight is 370 g/mol. The largest absolute Gasteiger partial charge is 0.446 e. The second-order valence-corrected chi connectivity index (χ2v) is 5.55. The molecule has 0 spiro atoms. The van der Waals surface area contributed by atoms with Gasteiger partial charge in [0.15, 0.2) is 0 Å². The van der Waals surface area contributed by atoms with Crippen LogP contribution in [0.15, 0.2) is 47.8 Å². The smallest absolute Gasteiger partial charge is 0.308 e. The highest BCUT2D eigenvalue weighted by molar-refractivity contribution is 6.00. The monoisotopic (exact) mass is 370 g/mol. The van der Waals surface area contributed by atoms with Crippen LogP contribution in [-0.4, -0.2) is 32.7 Å². The van der Waals surface area contributed by atoms with Gasteiger partial charge < -0.3 is 9.47 Å². The van der Waals surface area contributed by atoms with E-state index in [0.29, 0.717) is 5.56 Å². The van der Waals surface area contributed by atoms with Gasteiger partial charge in [0.05, 0.1) is 10.5 Å². The van der Waals surface area contributed by atoms with Crippen LogP contribution in [0.3, 0.4) is 0 Å². The minimum Gasteiger partial charge on any atom is -0.446 e. The summed E-state index contributed by atoms with van der Waals surface area (Å²) in [6, 6.07) is 6.95. The predicted octanol–water partition coefficient (Wildman–Crippen LogP) is 2.15. The maximum Gasteiger partial charge on any atom is 0.308 e. The molecule has 0 radical (unpaired) electrons. The van der Waals surface area contributed by atoms with Crippen molar-refractivity contribution in [2.75, 3.05) is 0 Å². The lowest BCUT2D eigenvalue weighted by Gasteiger charge is -2.19. The van der Waals surface area contributed by atoms with E-state index in [9.17, 15) is 19.7 Å². The number of carbonyl (C=O) groups is 2. The van der Waals surface area contributed by atoms with Crippen LogP contribution in [0.4, 0.5) is 5.69 Å². The molecule has 0 saturated heterocycles. The van der Waals surface area contributed by atoms with Crippen molar-refractivity contribution in [3.63, 3.8) is 0 Å². The zero-order valence-corrected chi connectivity index (χ0v) is 14.4. The van der Waals surface area contributed by atoms with Gasteiger partial charge in [-0.15, -0.1) is 5.10 Å². The first-order chi connectivity index (χ1) is 12.9. The van der Waals surface area contributed by atoms with E-state index in [1.807, 2.05) is 0 Å². The van der Waals surface area contributed by atoms with Crippen LogP contribution in [-0.2, 0) is 14.3 Å². The second-order valence-electron chi connectivity index (χ2n) is 5.55. The number of hydrogen-bond acceptors (Lipinski definition) is 8. The van der Waals surface area contributed by atoms with E-state index >= 15 is 0 Å². The SMILES string of the molecule is CC(=O)Oc1ccc([N+](=O)[O-])cc1C1=NN(C(C)=O)C(c2ccncc2)O1. The first-order valence-corrected chi connectivity index (χ1v) is 7.79. The third-order valence-electron chi connectivity index (χ3n) is 3.62. The number of rotatable bonds is 4. The summed E-state index contributed by atoms with van der Waals surface area (Å²) in [4.78, 5) is 37.7. The van der Waals surface area contributed by atoms with Crippen molar-refractivity contribution in [3.05, 3.63) is 64.0 Å². The molecule has 1 aromatic heterocycles. The summed E-state index contributed by atoms with van der Waals surface area (Å²) in [5, 5.41) is 16.3. The number of benzene rings is 1. The Morgan fingerprint density at radius 3 is 2.52 bits per heavy atom. The molecule has 1 aromatic carbocycles. The Kier molecular flexibility index (Phi) is 4.79. The molecule has 1 aliphatic rings. The Hall–Kier alpha value is -3.82. The minimum absolute atomic E-state index is 0.0331. The maximum atomic E-state index is 12.0. The third kappa shape index (κ3) is 3.73. The van der Waals surface area contributed by atoms with Crippen molar-refractivity contribution in [3.8, 4) is 5.75 Å². The molecule has 0 saturated carbocycles. The van der Waals surface area contributed by atoms with Crippen LogP contribution in [0.1, 0.15) is 31.2 Å². The zero-order valence-electron chi connectivity index (χ0n) is 14.4.